The summed E-state index contributed by atoms with van der Waals surface area (Å²) in [7, 11) is 2.63. The van der Waals surface area contributed by atoms with Crippen molar-refractivity contribution in [1.82, 2.24) is 44.9 Å². The van der Waals surface area contributed by atoms with Gasteiger partial charge in [-0.05, 0) is 74.3 Å². The first-order chi connectivity index (χ1) is 32.7. The highest BCUT2D eigenvalue weighted by Crippen LogP contribution is 2.47. The van der Waals surface area contributed by atoms with Crippen molar-refractivity contribution < 1.29 is 39.1 Å². The molecule has 9 atom stereocenters. The predicted molar refractivity (Wildman–Crippen MR) is 255 cm³/mol. The maximum Gasteiger partial charge on any atom is 0.407 e. The van der Waals surface area contributed by atoms with Gasteiger partial charge in [0, 0.05) is 46.7 Å². The quantitative estimate of drug-likeness (QED) is 0.0561. The lowest BCUT2D eigenvalue weighted by atomic mass is 9.93. The number of benzene rings is 2. The number of rotatable bonds is 14. The largest absolute Gasteiger partial charge is 0.465 e. The molecule has 3 aromatic heterocycles. The summed E-state index contributed by atoms with van der Waals surface area (Å²) in [5, 5.41) is 40.2. The minimum absolute atomic E-state index is 0.0423. The molecular formula is C50H64N10O8. The summed E-state index contributed by atoms with van der Waals surface area (Å²) in [6.45, 7) is 9.12. The number of nitrogens with two attached hydrogens (primary N) is 1. The second-order valence-corrected chi connectivity index (χ2v) is 19.1. The number of nitrogens with zero attached hydrogens (tertiary/aromatic N) is 5. The van der Waals surface area contributed by atoms with Crippen molar-refractivity contribution in [3.63, 3.8) is 0 Å². The van der Waals surface area contributed by atoms with Crippen molar-refractivity contribution in [2.24, 2.45) is 23.5 Å². The number of aliphatic hydroxyl groups excluding tert-OH is 3. The molecule has 0 bridgehead atoms. The SMILES string of the molecule is COC(=O)NC(C(C)C)C(O)N1CCCC1c1ncc(-c2ccc3c(c2)OC(C2=CC(C(N)O)CC=C2)n2c-3cc3cc(-c4cnc(C5CCCN5C(O)C(NC(=O)OC)C(C)C)[nH]4)ccc32)[nH]1. The topological polar surface area (TPSA) is 241 Å². The van der Waals surface area contributed by atoms with E-state index in [0.717, 1.165) is 87.6 Å². The first-order valence-corrected chi connectivity index (χ1v) is 23.7. The zero-order valence-electron chi connectivity index (χ0n) is 39.4. The van der Waals surface area contributed by atoms with Gasteiger partial charge in [0.25, 0.3) is 0 Å². The second-order valence-electron chi connectivity index (χ2n) is 19.1. The molecule has 0 saturated carbocycles. The van der Waals surface area contributed by atoms with Gasteiger partial charge in [-0.3, -0.25) is 9.80 Å². The van der Waals surface area contributed by atoms with Gasteiger partial charge >= 0.3 is 12.2 Å². The van der Waals surface area contributed by atoms with Gasteiger partial charge in [-0.15, -0.1) is 0 Å². The fraction of sp³-hybridized carbons (Fsp3) is 0.480. The maximum absolute atomic E-state index is 12.2. The molecule has 0 spiro atoms. The Hall–Kier alpha value is -6.02. The van der Waals surface area contributed by atoms with Crippen LogP contribution in [0.15, 0.2) is 78.7 Å². The maximum atomic E-state index is 12.2. The Bertz CT molecular complexity index is 2690. The van der Waals surface area contributed by atoms with Gasteiger partial charge in [-0.2, -0.15) is 0 Å². The van der Waals surface area contributed by atoms with Crippen LogP contribution >= 0.6 is 0 Å². The number of aromatic nitrogens is 5. The number of hydrogen-bond donors (Lipinski definition) is 8. The normalized spacial score (nSPS) is 22.9. The lowest BCUT2D eigenvalue weighted by Crippen LogP contribution is -2.54. The van der Waals surface area contributed by atoms with Crippen LogP contribution in [0.3, 0.4) is 0 Å². The molecule has 9 N–H and O–H groups in total. The monoisotopic (exact) mass is 932 g/mol. The fourth-order valence-electron chi connectivity index (χ4n) is 10.5. The molecule has 9 unspecified atom stereocenters. The van der Waals surface area contributed by atoms with E-state index in [1.54, 1.807) is 0 Å². The predicted octanol–water partition coefficient (Wildman–Crippen LogP) is 6.43. The van der Waals surface area contributed by atoms with Crippen LogP contribution in [0.1, 0.15) is 89.8 Å². The lowest BCUT2D eigenvalue weighted by molar-refractivity contribution is -0.0440. The zero-order valence-corrected chi connectivity index (χ0v) is 39.4. The van der Waals surface area contributed by atoms with Gasteiger partial charge in [-0.1, -0.05) is 58.1 Å². The van der Waals surface area contributed by atoms with E-state index in [0.29, 0.717) is 25.3 Å². The Balaban J connectivity index is 1.02. The van der Waals surface area contributed by atoms with E-state index in [4.69, 9.17) is 29.9 Å². The van der Waals surface area contributed by atoms with Crippen LogP contribution in [0.4, 0.5) is 9.59 Å². The number of fused-ring (bicyclic) bond motifs is 5. The summed E-state index contributed by atoms with van der Waals surface area (Å²) in [4.78, 5) is 45.1. The van der Waals surface area contributed by atoms with Gasteiger partial charge in [0.1, 0.15) is 36.1 Å². The molecular weight excluding hydrogens is 869 g/mol. The Labute approximate surface area is 395 Å². The summed E-state index contributed by atoms with van der Waals surface area (Å²) < 4.78 is 18.9. The number of hydrogen-bond acceptors (Lipinski definition) is 13. The van der Waals surface area contributed by atoms with E-state index in [1.807, 2.05) is 74.2 Å². The molecule has 9 rings (SSSR count). The molecule has 2 aromatic carbocycles. The van der Waals surface area contributed by atoms with Crippen molar-refractivity contribution in [3.8, 4) is 39.5 Å². The number of methoxy groups -OCH3 is 2. The second kappa shape index (κ2) is 19.5. The highest BCUT2D eigenvalue weighted by molar-refractivity contribution is 5.92. The van der Waals surface area contributed by atoms with Crippen LogP contribution < -0.4 is 21.1 Å². The fourth-order valence-corrected chi connectivity index (χ4v) is 10.5. The number of allylic oxidation sites excluding steroid dienone is 1. The van der Waals surface area contributed by atoms with Crippen LogP contribution in [-0.2, 0) is 9.47 Å². The van der Waals surface area contributed by atoms with E-state index in [1.165, 1.54) is 14.2 Å². The van der Waals surface area contributed by atoms with Gasteiger partial charge in [-0.25, -0.2) is 19.6 Å². The van der Waals surface area contributed by atoms with Crippen molar-refractivity contribution in [1.29, 1.82) is 0 Å². The van der Waals surface area contributed by atoms with Crippen LogP contribution in [0, 0.1) is 17.8 Å². The third-order valence-electron chi connectivity index (χ3n) is 14.1. The molecule has 2 fully saturated rings. The Morgan fingerprint density at radius 2 is 1.37 bits per heavy atom. The number of aliphatic hydroxyl groups is 3. The molecule has 18 nitrogen and oxygen atoms in total. The highest BCUT2D eigenvalue weighted by Gasteiger charge is 2.40. The molecule has 2 saturated heterocycles. The third-order valence-corrected chi connectivity index (χ3v) is 14.1. The lowest BCUT2D eigenvalue weighted by Gasteiger charge is -2.35. The zero-order chi connectivity index (χ0) is 48.0. The number of amides is 2. The summed E-state index contributed by atoms with van der Waals surface area (Å²) in [5.41, 5.74) is 13.2. The van der Waals surface area contributed by atoms with E-state index in [2.05, 4.69) is 61.6 Å². The molecule has 362 valence electrons. The molecule has 68 heavy (non-hydrogen) atoms. The van der Waals surface area contributed by atoms with E-state index < -0.39 is 49.2 Å². The number of likely N-dealkylation sites (tertiary alicyclic amines) is 2. The Morgan fingerprint density at radius 1 is 0.809 bits per heavy atom. The minimum Gasteiger partial charge on any atom is -0.465 e. The number of imidazole rings is 2. The number of aromatic amines is 2. The summed E-state index contributed by atoms with van der Waals surface area (Å²) in [6, 6.07) is 13.2. The van der Waals surface area contributed by atoms with Crippen LogP contribution in [0.5, 0.6) is 5.75 Å². The van der Waals surface area contributed by atoms with Crippen molar-refractivity contribution in [3.05, 3.63) is 90.3 Å². The molecule has 6 heterocycles. The Kier molecular flexibility index (Phi) is 13.5. The molecule has 2 amide bonds. The van der Waals surface area contributed by atoms with E-state index in [9.17, 15) is 24.9 Å². The highest BCUT2D eigenvalue weighted by atomic mass is 16.5. The van der Waals surface area contributed by atoms with Gasteiger partial charge < -0.3 is 60.4 Å². The molecule has 4 aliphatic rings. The Morgan fingerprint density at radius 3 is 1.91 bits per heavy atom. The smallest absolute Gasteiger partial charge is 0.407 e. The average Bonchev–Trinajstić information content (AvgIpc) is 4.20. The van der Waals surface area contributed by atoms with Crippen LogP contribution in [0.2, 0.25) is 0 Å². The number of H-pyrrole nitrogens is 2. The first-order valence-electron chi connectivity index (χ1n) is 23.7. The summed E-state index contributed by atoms with van der Waals surface area (Å²) in [5.74, 6) is 1.78. The first kappa shape index (κ1) is 47.1. The van der Waals surface area contributed by atoms with Crippen molar-refractivity contribution in [2.75, 3.05) is 27.3 Å². The minimum atomic E-state index is -1.03. The molecule has 1 aliphatic carbocycles. The van der Waals surface area contributed by atoms with Crippen LogP contribution in [0.25, 0.3) is 44.7 Å². The van der Waals surface area contributed by atoms with Crippen molar-refractivity contribution >= 4 is 23.1 Å². The molecule has 0 radical (unpaired) electrons. The molecule has 18 heteroatoms. The van der Waals surface area contributed by atoms with Crippen molar-refractivity contribution in [2.45, 2.75) is 109 Å². The summed E-state index contributed by atoms with van der Waals surface area (Å²) in [6.07, 6.45) is 8.99. The van der Waals surface area contributed by atoms with E-state index in [-0.39, 0.29) is 29.8 Å². The van der Waals surface area contributed by atoms with E-state index >= 15 is 0 Å². The third kappa shape index (κ3) is 9.03. The van der Waals surface area contributed by atoms with Gasteiger partial charge in [0.15, 0.2) is 0 Å². The number of ether oxygens (including phenoxy) is 3. The molecule has 5 aromatic rings. The summed E-state index contributed by atoms with van der Waals surface area (Å²) >= 11 is 0. The number of nitrogens with one attached hydrogen (secondary N) is 4. The number of carbonyl (C=O) groups is 2. The standard InChI is InChI=1S/C50H64N10O8/c1-26(2)41(56-49(64)66-5)46(62)58-18-8-12-37(58)44-52-24-34(54-44)28-15-17-36-32(20-28)22-39-33-16-14-29(23-40(33)68-48(60(36)39)31-11-7-10-30(21-31)43(51)61)35-25-53-45(55-35)38-13-9-19-59(38)47(63)42(27(3)4)57-50(65)67-6/h7,11,14-17,20-27,30,37-38,41-43,46-48,61-63H,8-10,12-13,18-19,51H2,1-6H3,(H,52,54)(H,53,55)(H,56,64)(H,57,65). The molecule has 3 aliphatic heterocycles. The van der Waals surface area contributed by atoms with Gasteiger partial charge in [0.05, 0.1) is 73.4 Å². The van der Waals surface area contributed by atoms with Gasteiger partial charge in [0.2, 0.25) is 6.23 Å². The number of carbonyl (C=O) groups excluding carboxylic acids is 2. The number of alkyl carbamates (subject to hydrolysis) is 2. The average molecular weight is 933 g/mol. The van der Waals surface area contributed by atoms with Crippen LogP contribution in [-0.4, -0.2) is 120 Å².